The summed E-state index contributed by atoms with van der Waals surface area (Å²) in [6, 6.07) is 3.22. The van der Waals surface area contributed by atoms with Crippen LogP contribution in [0.4, 0.5) is 10.2 Å². The predicted molar refractivity (Wildman–Crippen MR) is 135 cm³/mol. The first kappa shape index (κ1) is 23.1. The summed E-state index contributed by atoms with van der Waals surface area (Å²) in [5, 5.41) is 5.19. The first-order valence-electron chi connectivity index (χ1n) is 12.1. The molecule has 1 aliphatic heterocycles. The molecule has 2 atom stereocenters. The van der Waals surface area contributed by atoms with Gasteiger partial charge in [0.1, 0.15) is 23.7 Å². The molecule has 2 N–H and O–H groups in total. The van der Waals surface area contributed by atoms with Gasteiger partial charge in [-0.05, 0) is 37.3 Å². The zero-order valence-electron chi connectivity index (χ0n) is 20.3. The molecule has 3 aromatic heterocycles. The van der Waals surface area contributed by atoms with Crippen molar-refractivity contribution in [1.29, 1.82) is 0 Å². The molecular formula is C26H25FN8O2. The van der Waals surface area contributed by atoms with Crippen LogP contribution < -0.4 is 5.73 Å². The van der Waals surface area contributed by atoms with Crippen LogP contribution in [0.15, 0.2) is 37.4 Å². The standard InChI is InChI=1S/C26H25FN8O2/c1-3-23(36)33-11-17(9-18(33)12-37-2)35-26-24(25(28)29-13-30-26)20(32-35)7-4-15-8-21-22(10-19(15)27)34(14-31-21)16-5-6-16/h3,8,10,13-14,16-18H,1,5-6,9,11-12H2,2H3,(H2,28,29,30)/t17?,18-/m1/s1. The predicted octanol–water partition coefficient (Wildman–Crippen LogP) is 2.61. The monoisotopic (exact) mass is 500 g/mol. The highest BCUT2D eigenvalue weighted by Gasteiger charge is 2.37. The highest BCUT2D eigenvalue weighted by Crippen LogP contribution is 2.37. The Bertz CT molecular complexity index is 1610. The molecule has 1 amide bonds. The van der Waals surface area contributed by atoms with Crippen LogP contribution in [0.1, 0.15) is 42.6 Å². The largest absolute Gasteiger partial charge is 0.383 e. The van der Waals surface area contributed by atoms with E-state index in [0.29, 0.717) is 47.9 Å². The maximum atomic E-state index is 15.0. The van der Waals surface area contributed by atoms with Gasteiger partial charge < -0.3 is 19.9 Å². The number of nitrogens with zero attached hydrogens (tertiary/aromatic N) is 7. The van der Waals surface area contributed by atoms with Gasteiger partial charge in [-0.1, -0.05) is 12.5 Å². The number of ether oxygens (including phenoxy) is 1. The van der Waals surface area contributed by atoms with E-state index in [2.05, 4.69) is 33.4 Å². The summed E-state index contributed by atoms with van der Waals surface area (Å²) in [5.74, 6) is 5.51. The number of amides is 1. The molecule has 1 saturated carbocycles. The van der Waals surface area contributed by atoms with E-state index < -0.39 is 5.82 Å². The van der Waals surface area contributed by atoms with Crippen LogP contribution in [0.3, 0.4) is 0 Å². The lowest BCUT2D eigenvalue weighted by atomic mass is 10.1. The van der Waals surface area contributed by atoms with E-state index in [0.717, 1.165) is 18.4 Å². The van der Waals surface area contributed by atoms with Crippen molar-refractivity contribution in [3.05, 3.63) is 54.5 Å². The zero-order chi connectivity index (χ0) is 25.7. The summed E-state index contributed by atoms with van der Waals surface area (Å²) >= 11 is 0. The Balaban J connectivity index is 1.39. The number of nitrogen functional groups attached to an aromatic ring is 1. The fraction of sp³-hybridized carbons (Fsp3) is 0.346. The summed E-state index contributed by atoms with van der Waals surface area (Å²) in [6.07, 6.45) is 7.19. The topological polar surface area (TPSA) is 117 Å². The molecule has 10 nitrogen and oxygen atoms in total. The van der Waals surface area contributed by atoms with Gasteiger partial charge in [-0.2, -0.15) is 5.10 Å². The van der Waals surface area contributed by atoms with Gasteiger partial charge in [-0.3, -0.25) is 4.79 Å². The lowest BCUT2D eigenvalue weighted by molar-refractivity contribution is -0.127. The molecule has 4 heterocycles. The van der Waals surface area contributed by atoms with E-state index in [-0.39, 0.29) is 29.4 Å². The molecule has 11 heteroatoms. The fourth-order valence-electron chi connectivity index (χ4n) is 5.06. The second-order valence-electron chi connectivity index (χ2n) is 9.40. The quantitative estimate of drug-likeness (QED) is 0.331. The first-order chi connectivity index (χ1) is 18.0. The van der Waals surface area contributed by atoms with Crippen molar-refractivity contribution < 1.29 is 13.9 Å². The first-order valence-corrected chi connectivity index (χ1v) is 12.1. The van der Waals surface area contributed by atoms with Crippen molar-refractivity contribution in [2.75, 3.05) is 26.0 Å². The van der Waals surface area contributed by atoms with Gasteiger partial charge in [0.2, 0.25) is 5.91 Å². The van der Waals surface area contributed by atoms with E-state index in [1.54, 1.807) is 29.1 Å². The lowest BCUT2D eigenvalue weighted by Crippen LogP contribution is -2.37. The molecular weight excluding hydrogens is 475 g/mol. The number of aromatic nitrogens is 6. The van der Waals surface area contributed by atoms with Crippen molar-refractivity contribution in [1.82, 2.24) is 34.2 Å². The number of carbonyl (C=O) groups is 1. The summed E-state index contributed by atoms with van der Waals surface area (Å²) in [7, 11) is 1.60. The average Bonchev–Trinajstić information content (AvgIpc) is 3.35. The second-order valence-corrected chi connectivity index (χ2v) is 9.40. The molecule has 0 spiro atoms. The van der Waals surface area contributed by atoms with Crippen LogP contribution in [0, 0.1) is 17.7 Å². The maximum absolute atomic E-state index is 15.0. The Morgan fingerprint density at radius 2 is 2.11 bits per heavy atom. The Hall–Kier alpha value is -4.30. The molecule has 0 bridgehead atoms. The number of carbonyl (C=O) groups excluding carboxylic acids is 1. The minimum atomic E-state index is -0.424. The molecule has 0 radical (unpaired) electrons. The van der Waals surface area contributed by atoms with Crippen molar-refractivity contribution >= 4 is 33.8 Å². The highest BCUT2D eigenvalue weighted by molar-refractivity contribution is 5.91. The zero-order valence-corrected chi connectivity index (χ0v) is 20.3. The van der Waals surface area contributed by atoms with Gasteiger partial charge in [0, 0.05) is 25.8 Å². The average molecular weight is 501 g/mol. The molecule has 1 aromatic carbocycles. The fourth-order valence-corrected chi connectivity index (χ4v) is 5.06. The van der Waals surface area contributed by atoms with Crippen LogP contribution in [0.5, 0.6) is 0 Å². The molecule has 188 valence electrons. The van der Waals surface area contributed by atoms with Crippen molar-refractivity contribution in [2.24, 2.45) is 0 Å². The van der Waals surface area contributed by atoms with Crippen molar-refractivity contribution in [3.63, 3.8) is 0 Å². The second kappa shape index (κ2) is 8.97. The molecule has 1 saturated heterocycles. The van der Waals surface area contributed by atoms with Crippen LogP contribution in [-0.2, 0) is 9.53 Å². The van der Waals surface area contributed by atoms with Crippen LogP contribution in [-0.4, -0.2) is 66.4 Å². The smallest absolute Gasteiger partial charge is 0.246 e. The van der Waals surface area contributed by atoms with Gasteiger partial charge in [0.15, 0.2) is 5.65 Å². The number of anilines is 1. The van der Waals surface area contributed by atoms with E-state index in [9.17, 15) is 9.18 Å². The number of benzene rings is 1. The summed E-state index contributed by atoms with van der Waals surface area (Å²) in [6.45, 7) is 4.40. The lowest BCUT2D eigenvalue weighted by Gasteiger charge is -2.22. The normalized spacial score (nSPS) is 19.4. The Labute approximate surface area is 211 Å². The SMILES string of the molecule is C=CC(=O)N1CC(n2nc(C#Cc3cc4ncn(C5CC5)c4cc3F)c3c(N)ncnc32)C[C@@H]1COC. The molecule has 6 rings (SSSR count). The molecule has 2 aliphatic rings. The third-order valence-corrected chi connectivity index (χ3v) is 6.99. The minimum Gasteiger partial charge on any atom is -0.383 e. The molecule has 1 aliphatic carbocycles. The highest BCUT2D eigenvalue weighted by atomic mass is 19.1. The van der Waals surface area contributed by atoms with Crippen LogP contribution in [0.2, 0.25) is 0 Å². The van der Waals surface area contributed by atoms with Crippen LogP contribution >= 0.6 is 0 Å². The number of methoxy groups -OCH3 is 1. The number of hydrogen-bond acceptors (Lipinski definition) is 7. The molecule has 2 fully saturated rings. The molecule has 1 unspecified atom stereocenters. The Morgan fingerprint density at radius 3 is 2.86 bits per heavy atom. The van der Waals surface area contributed by atoms with E-state index in [4.69, 9.17) is 15.6 Å². The number of likely N-dealkylation sites (tertiary alicyclic amines) is 1. The van der Waals surface area contributed by atoms with E-state index >= 15 is 0 Å². The maximum Gasteiger partial charge on any atom is 0.246 e. The third kappa shape index (κ3) is 3.99. The third-order valence-electron chi connectivity index (χ3n) is 6.99. The number of hydrogen-bond donors (Lipinski definition) is 1. The van der Waals surface area contributed by atoms with Crippen molar-refractivity contribution in [3.8, 4) is 11.8 Å². The summed E-state index contributed by atoms with van der Waals surface area (Å²) < 4.78 is 24.1. The van der Waals surface area contributed by atoms with Gasteiger partial charge in [0.05, 0.1) is 47.0 Å². The van der Waals surface area contributed by atoms with Crippen LogP contribution in [0.25, 0.3) is 22.1 Å². The molecule has 37 heavy (non-hydrogen) atoms. The van der Waals surface area contributed by atoms with E-state index in [1.807, 2.05) is 4.57 Å². The number of nitrogens with two attached hydrogens (primary N) is 1. The van der Waals surface area contributed by atoms with Gasteiger partial charge in [-0.15, -0.1) is 0 Å². The van der Waals surface area contributed by atoms with Gasteiger partial charge >= 0.3 is 0 Å². The number of halogens is 1. The van der Waals surface area contributed by atoms with Gasteiger partial charge in [-0.25, -0.2) is 24.0 Å². The number of imidazole rings is 1. The van der Waals surface area contributed by atoms with E-state index in [1.165, 1.54) is 18.5 Å². The Morgan fingerprint density at radius 1 is 1.27 bits per heavy atom. The minimum absolute atomic E-state index is 0.135. The number of rotatable bonds is 5. The molecule has 4 aromatic rings. The summed E-state index contributed by atoms with van der Waals surface area (Å²) in [4.78, 5) is 27.1. The number of fused-ring (bicyclic) bond motifs is 2. The summed E-state index contributed by atoms with van der Waals surface area (Å²) in [5.41, 5.74) is 8.72. The van der Waals surface area contributed by atoms with Crippen molar-refractivity contribution in [2.45, 2.75) is 37.4 Å². The Kier molecular flexibility index (Phi) is 5.61. The van der Waals surface area contributed by atoms with Gasteiger partial charge in [0.25, 0.3) is 0 Å².